The van der Waals surface area contributed by atoms with Crippen molar-refractivity contribution in [3.05, 3.63) is 12.2 Å². The Bertz CT molecular complexity index is 293. The lowest BCUT2D eigenvalue weighted by atomic mass is 9.85. The number of allylic oxidation sites excluding steroid dienone is 1. The van der Waals surface area contributed by atoms with Crippen molar-refractivity contribution in [3.8, 4) is 0 Å². The maximum absolute atomic E-state index is 10.1. The molecule has 4 atom stereocenters. The maximum Gasteiger partial charge on any atom is 0.0897 e. The monoisotopic (exact) mass is 281 g/mol. The van der Waals surface area contributed by atoms with Crippen LogP contribution in [0.1, 0.15) is 58.3 Å². The van der Waals surface area contributed by atoms with Crippen LogP contribution in [0.15, 0.2) is 12.2 Å². The minimum Gasteiger partial charge on any atom is -0.389 e. The maximum atomic E-state index is 10.1. The fourth-order valence-electron chi connectivity index (χ4n) is 3.44. The molecule has 2 N–H and O–H groups in total. The zero-order valence-electron chi connectivity index (χ0n) is 12.9. The zero-order valence-corrected chi connectivity index (χ0v) is 12.9. The van der Waals surface area contributed by atoms with E-state index in [1.54, 1.807) is 0 Å². The van der Waals surface area contributed by atoms with Gasteiger partial charge in [0.15, 0.2) is 0 Å². The number of hydrogen-bond donors (Lipinski definition) is 2. The summed E-state index contributed by atoms with van der Waals surface area (Å²) in [4.78, 5) is 0. The smallest absolute Gasteiger partial charge is 0.0897 e. The summed E-state index contributed by atoms with van der Waals surface area (Å²) in [5.74, 6) is 0.701. The van der Waals surface area contributed by atoms with Crippen molar-refractivity contribution >= 4 is 0 Å². The predicted molar refractivity (Wildman–Crippen MR) is 82.8 cm³/mol. The molecule has 0 spiro atoms. The summed E-state index contributed by atoms with van der Waals surface area (Å²) in [6.45, 7) is 3.39. The van der Waals surface area contributed by atoms with E-state index < -0.39 is 0 Å². The Morgan fingerprint density at radius 1 is 1.25 bits per heavy atom. The van der Waals surface area contributed by atoms with Crippen molar-refractivity contribution in [1.29, 1.82) is 0 Å². The number of ether oxygens (including phenoxy) is 1. The summed E-state index contributed by atoms with van der Waals surface area (Å²) in [6.07, 6.45) is 14.2. The molecule has 0 saturated heterocycles. The minimum absolute atomic E-state index is 0.375. The van der Waals surface area contributed by atoms with Crippen LogP contribution in [-0.2, 0) is 4.74 Å². The second-order valence-electron chi connectivity index (χ2n) is 6.37. The molecule has 3 heteroatoms. The summed E-state index contributed by atoms with van der Waals surface area (Å²) in [5, 5.41) is 13.5. The van der Waals surface area contributed by atoms with Gasteiger partial charge in [-0.15, -0.1) is 0 Å². The van der Waals surface area contributed by atoms with E-state index in [4.69, 9.17) is 4.74 Å². The quantitative estimate of drug-likeness (QED) is 0.705. The highest BCUT2D eigenvalue weighted by molar-refractivity contribution is 4.93. The van der Waals surface area contributed by atoms with E-state index >= 15 is 0 Å². The molecule has 116 valence electrons. The Balaban J connectivity index is 1.61. The minimum atomic E-state index is -0.375. The van der Waals surface area contributed by atoms with Gasteiger partial charge in [-0.3, -0.25) is 0 Å². The molecule has 2 aliphatic rings. The molecule has 0 aliphatic heterocycles. The topological polar surface area (TPSA) is 41.5 Å². The van der Waals surface area contributed by atoms with E-state index in [-0.39, 0.29) is 6.10 Å². The van der Waals surface area contributed by atoms with Gasteiger partial charge in [-0.2, -0.15) is 0 Å². The summed E-state index contributed by atoms with van der Waals surface area (Å²) < 4.78 is 5.98. The van der Waals surface area contributed by atoms with Crippen molar-refractivity contribution < 1.29 is 9.84 Å². The van der Waals surface area contributed by atoms with Gasteiger partial charge >= 0.3 is 0 Å². The van der Waals surface area contributed by atoms with E-state index in [2.05, 4.69) is 24.4 Å². The molecule has 1 fully saturated rings. The third kappa shape index (κ3) is 5.19. The van der Waals surface area contributed by atoms with Crippen LogP contribution >= 0.6 is 0 Å². The molecule has 1 saturated carbocycles. The first kappa shape index (κ1) is 16.0. The zero-order chi connectivity index (χ0) is 14.2. The van der Waals surface area contributed by atoms with Crippen LogP contribution in [0.2, 0.25) is 0 Å². The first-order chi connectivity index (χ1) is 9.79. The highest BCUT2D eigenvalue weighted by Crippen LogP contribution is 2.29. The average molecular weight is 281 g/mol. The van der Waals surface area contributed by atoms with Gasteiger partial charge in [0.2, 0.25) is 0 Å². The van der Waals surface area contributed by atoms with Gasteiger partial charge in [-0.05, 0) is 38.0 Å². The summed E-state index contributed by atoms with van der Waals surface area (Å²) in [6, 6.07) is 0.535. The highest BCUT2D eigenvalue weighted by atomic mass is 16.5. The number of aliphatic hydroxyl groups is 1. The Morgan fingerprint density at radius 2 is 2.10 bits per heavy atom. The number of rotatable bonds is 7. The van der Waals surface area contributed by atoms with E-state index in [9.17, 15) is 5.11 Å². The van der Waals surface area contributed by atoms with Crippen LogP contribution < -0.4 is 5.32 Å². The first-order valence-corrected chi connectivity index (χ1v) is 8.47. The molecule has 20 heavy (non-hydrogen) atoms. The molecule has 2 aliphatic carbocycles. The van der Waals surface area contributed by atoms with E-state index in [1.807, 2.05) is 0 Å². The lowest BCUT2D eigenvalue weighted by Gasteiger charge is -2.31. The lowest BCUT2D eigenvalue weighted by molar-refractivity contribution is -0.0503. The second-order valence-corrected chi connectivity index (χ2v) is 6.37. The Labute approximate surface area is 123 Å². The van der Waals surface area contributed by atoms with Crippen molar-refractivity contribution in [3.63, 3.8) is 0 Å². The van der Waals surface area contributed by atoms with Crippen molar-refractivity contribution in [2.45, 2.75) is 76.5 Å². The second kappa shape index (κ2) is 8.81. The number of aliphatic hydroxyl groups excluding tert-OH is 1. The van der Waals surface area contributed by atoms with Crippen molar-refractivity contribution in [2.24, 2.45) is 5.92 Å². The van der Waals surface area contributed by atoms with Crippen LogP contribution in [0.3, 0.4) is 0 Å². The number of hydrogen-bond acceptors (Lipinski definition) is 3. The standard InChI is InChI=1S/C17H31NO2/c1-2-14-8-6-7-11-17(14)20-13-16(19)12-18-15-9-4-3-5-10-15/h3-4,14-19H,2,5-13H2,1H3. The molecular formula is C17H31NO2. The van der Waals surface area contributed by atoms with E-state index in [0.29, 0.717) is 31.2 Å². The first-order valence-electron chi connectivity index (χ1n) is 8.47. The van der Waals surface area contributed by atoms with Gasteiger partial charge in [0.25, 0.3) is 0 Å². The van der Waals surface area contributed by atoms with Gasteiger partial charge in [0.1, 0.15) is 0 Å². The Kier molecular flexibility index (Phi) is 7.05. The molecule has 0 aromatic heterocycles. The summed E-state index contributed by atoms with van der Waals surface area (Å²) in [5.41, 5.74) is 0. The van der Waals surface area contributed by atoms with Crippen molar-refractivity contribution in [1.82, 2.24) is 5.32 Å². The van der Waals surface area contributed by atoms with Gasteiger partial charge in [-0.1, -0.05) is 38.3 Å². The third-order valence-electron chi connectivity index (χ3n) is 4.78. The number of nitrogens with one attached hydrogen (secondary N) is 1. The Morgan fingerprint density at radius 3 is 2.85 bits per heavy atom. The summed E-state index contributed by atoms with van der Waals surface area (Å²) in [7, 11) is 0. The van der Waals surface area contributed by atoms with Gasteiger partial charge < -0.3 is 15.2 Å². The lowest BCUT2D eigenvalue weighted by Crippen LogP contribution is -2.39. The normalized spacial score (nSPS) is 32.2. The van der Waals surface area contributed by atoms with Crippen LogP contribution in [0.25, 0.3) is 0 Å². The molecular weight excluding hydrogens is 250 g/mol. The Hall–Kier alpha value is -0.380. The van der Waals surface area contributed by atoms with Gasteiger partial charge in [0.05, 0.1) is 18.8 Å². The van der Waals surface area contributed by atoms with Gasteiger partial charge in [-0.25, -0.2) is 0 Å². The van der Waals surface area contributed by atoms with E-state index in [1.165, 1.54) is 38.5 Å². The summed E-state index contributed by atoms with van der Waals surface area (Å²) >= 11 is 0. The predicted octanol–water partition coefficient (Wildman–Crippen LogP) is 3.03. The third-order valence-corrected chi connectivity index (χ3v) is 4.78. The van der Waals surface area contributed by atoms with Crippen LogP contribution in [0, 0.1) is 5.92 Å². The molecule has 0 bridgehead atoms. The molecule has 0 radical (unpaired) electrons. The molecule has 0 aromatic carbocycles. The fraction of sp³-hybridized carbons (Fsp3) is 0.882. The molecule has 0 aromatic rings. The molecule has 0 heterocycles. The average Bonchev–Trinajstić information content (AvgIpc) is 2.52. The van der Waals surface area contributed by atoms with Crippen molar-refractivity contribution in [2.75, 3.05) is 13.2 Å². The highest BCUT2D eigenvalue weighted by Gasteiger charge is 2.25. The fourth-order valence-corrected chi connectivity index (χ4v) is 3.44. The van der Waals surface area contributed by atoms with Gasteiger partial charge in [0, 0.05) is 12.6 Å². The SMILES string of the molecule is CCC1CCCCC1OCC(O)CNC1CC=CCC1. The molecule has 4 unspecified atom stereocenters. The van der Waals surface area contributed by atoms with Crippen LogP contribution in [0.5, 0.6) is 0 Å². The molecule has 2 rings (SSSR count). The molecule has 3 nitrogen and oxygen atoms in total. The van der Waals surface area contributed by atoms with Crippen LogP contribution in [0.4, 0.5) is 0 Å². The molecule has 0 amide bonds. The largest absolute Gasteiger partial charge is 0.389 e. The van der Waals surface area contributed by atoms with Crippen LogP contribution in [-0.4, -0.2) is 36.5 Å². The van der Waals surface area contributed by atoms with E-state index in [0.717, 1.165) is 12.8 Å².